The molecular formula is C20HCl39. The van der Waals surface area contributed by atoms with E-state index in [0.29, 0.717) is 0 Å². The van der Waals surface area contributed by atoms with Crippen LogP contribution in [0, 0.1) is 0 Å². The van der Waals surface area contributed by atoms with Crippen molar-refractivity contribution >= 4 is 452 Å². The molecule has 0 saturated heterocycles. The minimum absolute atomic E-state index is 2.73. The lowest BCUT2D eigenvalue weighted by Gasteiger charge is -2.60. The van der Waals surface area contributed by atoms with Crippen LogP contribution in [-0.2, 0) is 0 Å². The van der Waals surface area contributed by atoms with E-state index in [0.717, 1.165) is 0 Å². The summed E-state index contributed by atoms with van der Waals surface area (Å²) in [6.45, 7) is 0. The van der Waals surface area contributed by atoms with Crippen molar-refractivity contribution in [2.75, 3.05) is 0 Å². The van der Waals surface area contributed by atoms with E-state index in [9.17, 15) is 0 Å². The van der Waals surface area contributed by atoms with Crippen LogP contribution in [0.15, 0.2) is 0 Å². The molecule has 0 N–H and O–H groups in total. The first-order valence-corrected chi connectivity index (χ1v) is 27.3. The Morgan fingerprint density at radius 1 is 0.136 bits per heavy atom. The molecule has 0 aromatic rings. The summed E-state index contributed by atoms with van der Waals surface area (Å²) in [6, 6.07) is 0. The Balaban J connectivity index is 4.95. The van der Waals surface area contributed by atoms with Crippen LogP contribution in [-0.4, -0.2) is 87.7 Å². The van der Waals surface area contributed by atoms with E-state index < -0.39 is 87.7 Å². The minimum atomic E-state index is -3.73. The van der Waals surface area contributed by atoms with E-state index in [1.807, 2.05) is 0 Å². The Bertz CT molecular complexity index is 1470. The van der Waals surface area contributed by atoms with Crippen molar-refractivity contribution < 1.29 is 0 Å². The fourth-order valence-electron chi connectivity index (χ4n) is 3.92. The molecule has 0 amide bonds. The van der Waals surface area contributed by atoms with Gasteiger partial charge in [0.2, 0.25) is 0 Å². The van der Waals surface area contributed by atoms with Gasteiger partial charge in [-0.2, -0.15) is 0 Å². The molecule has 0 aromatic heterocycles. The molecule has 0 aliphatic heterocycles. The van der Waals surface area contributed by atoms with Gasteiger partial charge in [-0.25, -0.2) is 0 Å². The molecule has 0 aromatic carbocycles. The van der Waals surface area contributed by atoms with Crippen molar-refractivity contribution in [1.29, 1.82) is 0 Å². The first-order valence-electron chi connectivity index (χ1n) is 12.5. The molecule has 1 aliphatic carbocycles. The van der Waals surface area contributed by atoms with Gasteiger partial charge in [-0.1, -0.05) is 441 Å². The average molecular weight is 1620 g/mol. The van der Waals surface area contributed by atoms with E-state index in [4.69, 9.17) is 452 Å². The van der Waals surface area contributed by atoms with Gasteiger partial charge in [0.05, 0.1) is 0 Å². The smallest absolute Gasteiger partial charge is 0.116 e. The fraction of sp³-hybridized carbons (Fsp3) is 1.00. The van der Waals surface area contributed by atoms with Crippen LogP contribution in [0.1, 0.15) is 0 Å². The second-order valence-electron chi connectivity index (χ2n) is 11.4. The summed E-state index contributed by atoms with van der Waals surface area (Å²) in [6.07, 6.45) is 0. The molecule has 0 nitrogen and oxygen atoms in total. The molecule has 0 radical (unpaired) electrons. The van der Waals surface area contributed by atoms with E-state index in [1.165, 1.54) is 0 Å². The zero-order chi connectivity index (χ0) is 49.1. The normalized spacial score (nSPS) is 33.8. The SMILES string of the molecule is ClC1C(Cl)(Cl)C(Cl)(Cl)C(Cl)(Cl)C(Cl)(Cl)C(Cl)(Cl)C(Cl)(Cl)C(Cl)(Cl)C(Cl)(Cl)C(Cl)(Cl)C(Cl)(Cl)C(Cl)(Cl)C(Cl)(Cl)C(Cl)(Cl)C(Cl)(Cl)C(Cl)(Cl)C(Cl)(Cl)C(Cl)(Cl)C(Cl)(Cl)C1(Cl)Cl. The van der Waals surface area contributed by atoms with Gasteiger partial charge in [-0.3, -0.25) is 0 Å². The van der Waals surface area contributed by atoms with Crippen molar-refractivity contribution in [2.45, 2.75) is 87.7 Å². The van der Waals surface area contributed by atoms with Gasteiger partial charge < -0.3 is 0 Å². The highest BCUT2D eigenvalue weighted by Gasteiger charge is 2.89. The molecule has 0 unspecified atom stereocenters. The maximum absolute atomic E-state index is 6.61. The van der Waals surface area contributed by atoms with Gasteiger partial charge in [-0.15, -0.1) is 11.6 Å². The lowest BCUT2D eigenvalue weighted by Crippen LogP contribution is -2.77. The fourth-order valence-corrected chi connectivity index (χ4v) is 18.7. The Kier molecular flexibility index (Phi) is 22.7. The van der Waals surface area contributed by atoms with Crippen LogP contribution in [0.25, 0.3) is 0 Å². The highest BCUT2D eigenvalue weighted by molar-refractivity contribution is 6.86. The number of hydrogen-bond acceptors (Lipinski definition) is 0. The Morgan fingerprint density at radius 3 is 0.288 bits per heavy atom. The molecule has 59 heavy (non-hydrogen) atoms. The first-order chi connectivity index (χ1) is 24.7. The van der Waals surface area contributed by atoms with Crippen molar-refractivity contribution in [3.63, 3.8) is 0 Å². The zero-order valence-corrected chi connectivity index (χ0v) is 54.3. The summed E-state index contributed by atoms with van der Waals surface area (Å²) in [5.41, 5.74) is 0. The molecular weight excluding hydrogens is 1620 g/mol. The quantitative estimate of drug-likeness (QED) is 0.212. The largest absolute Gasteiger partial charge is 0.189 e. The second-order valence-corrected chi connectivity index (χ2v) is 37.1. The van der Waals surface area contributed by atoms with Crippen molar-refractivity contribution in [3.8, 4) is 0 Å². The van der Waals surface area contributed by atoms with Gasteiger partial charge >= 0.3 is 0 Å². The number of hydrogen-bond donors (Lipinski definition) is 0. The van der Waals surface area contributed by atoms with Gasteiger partial charge in [0, 0.05) is 0 Å². The summed E-state index contributed by atoms with van der Waals surface area (Å²) >= 11 is 258. The Hall–Kier alpha value is 11.3. The minimum Gasteiger partial charge on any atom is -0.116 e. The lowest BCUT2D eigenvalue weighted by molar-refractivity contribution is 0.375. The lowest BCUT2D eigenvalue weighted by atomic mass is 9.94. The third-order valence-electron chi connectivity index (χ3n) is 7.78. The molecule has 0 heterocycles. The van der Waals surface area contributed by atoms with Crippen LogP contribution in [0.3, 0.4) is 0 Å². The highest BCUT2D eigenvalue weighted by Crippen LogP contribution is 2.80. The highest BCUT2D eigenvalue weighted by atomic mass is 35.6. The van der Waals surface area contributed by atoms with Gasteiger partial charge in [0.15, 0.2) is 82.3 Å². The van der Waals surface area contributed by atoms with E-state index in [1.54, 1.807) is 0 Å². The molecule has 354 valence electrons. The van der Waals surface area contributed by atoms with E-state index >= 15 is 0 Å². The number of rotatable bonds is 0. The summed E-state index contributed by atoms with van der Waals surface area (Å²) < 4.78 is -69.5. The third kappa shape index (κ3) is 9.14. The summed E-state index contributed by atoms with van der Waals surface area (Å²) in [5, 5.41) is -2.73. The molecule has 1 saturated carbocycles. The number of alkyl halides is 39. The molecule has 0 bridgehead atoms. The maximum atomic E-state index is 6.61. The third-order valence-corrected chi connectivity index (χ3v) is 37.2. The summed E-state index contributed by atoms with van der Waals surface area (Å²) in [7, 11) is 0. The zero-order valence-electron chi connectivity index (χ0n) is 24.8. The van der Waals surface area contributed by atoms with Crippen molar-refractivity contribution in [1.82, 2.24) is 0 Å². The molecule has 0 atom stereocenters. The molecule has 1 fully saturated rings. The van der Waals surface area contributed by atoms with Crippen LogP contribution < -0.4 is 0 Å². The molecule has 1 rings (SSSR count). The van der Waals surface area contributed by atoms with Crippen LogP contribution in [0.4, 0.5) is 0 Å². The second kappa shape index (κ2) is 19.6. The van der Waals surface area contributed by atoms with Crippen molar-refractivity contribution in [2.24, 2.45) is 0 Å². The predicted octanol–water partition coefficient (Wildman–Crippen LogP) is 22.9. The molecule has 39 heteroatoms. The van der Waals surface area contributed by atoms with Gasteiger partial charge in [0.25, 0.3) is 0 Å². The predicted molar refractivity (Wildman–Crippen MR) is 284 cm³/mol. The molecule has 1 aliphatic rings. The average Bonchev–Trinajstić information content (AvgIpc) is 3.01. The van der Waals surface area contributed by atoms with Gasteiger partial charge in [-0.05, 0) is 0 Å². The Morgan fingerprint density at radius 2 is 0.203 bits per heavy atom. The maximum Gasteiger partial charge on any atom is 0.189 e. The van der Waals surface area contributed by atoms with E-state index in [2.05, 4.69) is 0 Å². The first kappa shape index (κ1) is 68.3. The molecule has 0 spiro atoms. The topological polar surface area (TPSA) is 0 Å². The standard InChI is InChI=1S/C20HCl39/c21-1-2(22,23)4(26,27)6(30,31)8(34,35)10(38,39)12(42,43)14(46,47)16(50,51)18(54,55)20(58,59)19(56,57)17(52,53)15(48,49)13(44,45)11(40,41)9(36,37)7(32,33)5(28,29)3(1,24)25/h1H. The van der Waals surface area contributed by atoms with Crippen LogP contribution in [0.5, 0.6) is 0 Å². The van der Waals surface area contributed by atoms with Crippen molar-refractivity contribution in [3.05, 3.63) is 0 Å². The van der Waals surface area contributed by atoms with Crippen LogP contribution in [0.2, 0.25) is 0 Å². The number of halogens is 39. The van der Waals surface area contributed by atoms with E-state index in [-0.39, 0.29) is 0 Å². The Labute approximate surface area is 530 Å². The summed E-state index contributed by atoms with van der Waals surface area (Å²) in [4.78, 5) is 0. The summed E-state index contributed by atoms with van der Waals surface area (Å²) in [5.74, 6) is 0. The van der Waals surface area contributed by atoms with Crippen LogP contribution >= 0.6 is 452 Å². The monoisotopic (exact) mass is 1600 g/mol. The van der Waals surface area contributed by atoms with Gasteiger partial charge in [0.1, 0.15) is 5.38 Å².